The van der Waals surface area contributed by atoms with Crippen LogP contribution in [-0.2, 0) is 13.2 Å². The van der Waals surface area contributed by atoms with E-state index in [-0.39, 0.29) is 30.2 Å². The number of ether oxygens (including phenoxy) is 1. The third kappa shape index (κ3) is 4.26. The van der Waals surface area contributed by atoms with Gasteiger partial charge in [0.2, 0.25) is 0 Å². The van der Waals surface area contributed by atoms with Gasteiger partial charge in [0.05, 0.1) is 29.6 Å². The van der Waals surface area contributed by atoms with E-state index >= 15 is 4.39 Å². The molecule has 0 radical (unpaired) electrons. The summed E-state index contributed by atoms with van der Waals surface area (Å²) in [6.07, 6.45) is 2.94. The number of rotatable bonds is 7. The summed E-state index contributed by atoms with van der Waals surface area (Å²) in [4.78, 5) is 18.5. The van der Waals surface area contributed by atoms with Crippen LogP contribution in [0.15, 0.2) is 48.8 Å². The van der Waals surface area contributed by atoms with Crippen molar-refractivity contribution in [2.24, 2.45) is 0 Å². The van der Waals surface area contributed by atoms with Gasteiger partial charge in [-0.15, -0.1) is 0 Å². The molecule has 0 aliphatic heterocycles. The minimum absolute atomic E-state index is 0.0894. The van der Waals surface area contributed by atoms with E-state index in [4.69, 9.17) is 4.74 Å². The number of hydrogen-bond acceptors (Lipinski definition) is 4. The Bertz CT molecular complexity index is 1320. The maximum atomic E-state index is 15.4. The first-order valence-corrected chi connectivity index (χ1v) is 10.3. The second-order valence-corrected chi connectivity index (χ2v) is 7.43. The number of nitrogens with one attached hydrogen (secondary N) is 1. The fourth-order valence-electron chi connectivity index (χ4n) is 3.69. The molecule has 0 unspecified atom stereocenters. The quantitative estimate of drug-likeness (QED) is 0.425. The van der Waals surface area contributed by atoms with Crippen molar-refractivity contribution < 1.29 is 22.7 Å². The van der Waals surface area contributed by atoms with Crippen LogP contribution >= 0.6 is 0 Å². The van der Waals surface area contributed by atoms with Gasteiger partial charge < -0.3 is 9.64 Å². The summed E-state index contributed by atoms with van der Waals surface area (Å²) in [7, 11) is 1.52. The number of H-pyrrole nitrogens is 1. The lowest BCUT2D eigenvalue weighted by atomic mass is 10.0. The van der Waals surface area contributed by atoms with Gasteiger partial charge in [-0.1, -0.05) is 12.1 Å². The molecule has 0 bridgehead atoms. The Morgan fingerprint density at radius 2 is 2.00 bits per heavy atom. The van der Waals surface area contributed by atoms with Gasteiger partial charge in [0.25, 0.3) is 5.91 Å². The number of carbonyl (C=O) groups excluding carboxylic acids is 1. The largest absolute Gasteiger partial charge is 0.490 e. The topological polar surface area (TPSA) is 71.1 Å². The van der Waals surface area contributed by atoms with Crippen LogP contribution in [0, 0.1) is 11.6 Å². The fraction of sp³-hybridized carbons (Fsp3) is 0.208. The standard InChI is InChI=1S/C24H21F3N4O2/c1-3-33-23-17(14-5-4-6-16(26)9-14)7-8-18(21(23)27)24(32)31(2)13-15-11-28-20(10-25)19-12-29-30-22(15)19/h4-9,11-12H,3,10,13H2,1-2H3,(H,29,30). The van der Waals surface area contributed by atoms with E-state index in [1.54, 1.807) is 13.0 Å². The van der Waals surface area contributed by atoms with Gasteiger partial charge in [0.15, 0.2) is 11.6 Å². The first kappa shape index (κ1) is 22.3. The van der Waals surface area contributed by atoms with Gasteiger partial charge in [0.1, 0.15) is 12.5 Å². The number of alkyl halides is 1. The lowest BCUT2D eigenvalue weighted by Crippen LogP contribution is -2.27. The number of nitrogens with zero attached hydrogens (tertiary/aromatic N) is 3. The summed E-state index contributed by atoms with van der Waals surface area (Å²) in [5.74, 6) is -1.99. The fourth-order valence-corrected chi connectivity index (χ4v) is 3.69. The highest BCUT2D eigenvalue weighted by molar-refractivity contribution is 5.96. The van der Waals surface area contributed by atoms with Crippen molar-refractivity contribution in [3.63, 3.8) is 0 Å². The zero-order chi connectivity index (χ0) is 23.5. The summed E-state index contributed by atoms with van der Waals surface area (Å²) >= 11 is 0. The molecular formula is C24H21F3N4O2. The van der Waals surface area contributed by atoms with Gasteiger partial charge in [0, 0.05) is 36.3 Å². The number of halogens is 3. The highest BCUT2D eigenvalue weighted by atomic mass is 19.1. The number of aromatic amines is 1. The van der Waals surface area contributed by atoms with E-state index in [0.717, 1.165) is 0 Å². The molecule has 4 aromatic rings. The maximum Gasteiger partial charge on any atom is 0.257 e. The van der Waals surface area contributed by atoms with Crippen LogP contribution in [0.2, 0.25) is 0 Å². The molecule has 33 heavy (non-hydrogen) atoms. The molecule has 0 fully saturated rings. The molecule has 9 heteroatoms. The second-order valence-electron chi connectivity index (χ2n) is 7.43. The zero-order valence-corrected chi connectivity index (χ0v) is 18.0. The van der Waals surface area contributed by atoms with Gasteiger partial charge in [-0.2, -0.15) is 5.10 Å². The Balaban J connectivity index is 1.67. The number of amides is 1. The number of hydrogen-bond donors (Lipinski definition) is 1. The van der Waals surface area contributed by atoms with E-state index in [0.29, 0.717) is 27.6 Å². The smallest absolute Gasteiger partial charge is 0.257 e. The van der Waals surface area contributed by atoms with Crippen molar-refractivity contribution in [3.8, 4) is 16.9 Å². The lowest BCUT2D eigenvalue weighted by Gasteiger charge is -2.20. The Kier molecular flexibility index (Phi) is 6.30. The molecule has 2 aromatic carbocycles. The molecular weight excluding hydrogens is 433 g/mol. The average molecular weight is 454 g/mol. The highest BCUT2D eigenvalue weighted by Gasteiger charge is 2.24. The number of aromatic nitrogens is 3. The van der Waals surface area contributed by atoms with Crippen LogP contribution in [0.3, 0.4) is 0 Å². The minimum atomic E-state index is -0.826. The Labute approximate surface area is 188 Å². The normalized spacial score (nSPS) is 11.1. The first-order chi connectivity index (χ1) is 15.9. The number of fused-ring (bicyclic) bond motifs is 1. The summed E-state index contributed by atoms with van der Waals surface area (Å²) in [5, 5.41) is 7.26. The van der Waals surface area contributed by atoms with Gasteiger partial charge in [-0.3, -0.25) is 14.9 Å². The third-order valence-electron chi connectivity index (χ3n) is 5.28. The first-order valence-electron chi connectivity index (χ1n) is 10.3. The molecule has 1 N–H and O–H groups in total. The van der Waals surface area contributed by atoms with Crippen LogP contribution < -0.4 is 4.74 Å². The summed E-state index contributed by atoms with van der Waals surface area (Å²) in [5.41, 5.74) is 2.02. The van der Waals surface area contributed by atoms with Crippen molar-refractivity contribution >= 4 is 16.8 Å². The second kappa shape index (κ2) is 9.32. The molecule has 0 atom stereocenters. The number of pyridine rings is 1. The Morgan fingerprint density at radius 1 is 1.18 bits per heavy atom. The maximum absolute atomic E-state index is 15.4. The molecule has 0 spiro atoms. The van der Waals surface area contributed by atoms with Crippen molar-refractivity contribution in [1.82, 2.24) is 20.1 Å². The van der Waals surface area contributed by atoms with Crippen molar-refractivity contribution in [2.45, 2.75) is 20.1 Å². The lowest BCUT2D eigenvalue weighted by molar-refractivity contribution is 0.0780. The Hall–Kier alpha value is -3.88. The van der Waals surface area contributed by atoms with Gasteiger partial charge in [-0.05, 0) is 36.8 Å². The molecule has 0 saturated carbocycles. The van der Waals surface area contributed by atoms with Crippen LogP contribution in [0.25, 0.3) is 22.0 Å². The van der Waals surface area contributed by atoms with E-state index < -0.39 is 24.2 Å². The highest BCUT2D eigenvalue weighted by Crippen LogP contribution is 2.35. The minimum Gasteiger partial charge on any atom is -0.490 e. The molecule has 1 amide bonds. The predicted octanol–water partition coefficient (Wildman–Crippen LogP) is 5.04. The molecule has 4 rings (SSSR count). The molecule has 2 heterocycles. The molecule has 170 valence electrons. The van der Waals surface area contributed by atoms with Gasteiger partial charge in [-0.25, -0.2) is 13.2 Å². The average Bonchev–Trinajstić information content (AvgIpc) is 3.31. The van der Waals surface area contributed by atoms with E-state index in [1.165, 1.54) is 54.7 Å². The third-order valence-corrected chi connectivity index (χ3v) is 5.28. The van der Waals surface area contributed by atoms with Crippen LogP contribution in [0.5, 0.6) is 5.75 Å². The number of benzene rings is 2. The van der Waals surface area contributed by atoms with E-state index in [9.17, 15) is 13.6 Å². The SMILES string of the molecule is CCOc1c(-c2cccc(F)c2)ccc(C(=O)N(C)Cc2cnc(CF)c3cn[nH]c23)c1F. The van der Waals surface area contributed by atoms with Crippen LogP contribution in [0.4, 0.5) is 13.2 Å². The molecule has 6 nitrogen and oxygen atoms in total. The van der Waals surface area contributed by atoms with Crippen molar-refractivity contribution in [3.05, 3.63) is 77.2 Å². The summed E-state index contributed by atoms with van der Waals surface area (Å²) in [6, 6.07) is 8.61. The van der Waals surface area contributed by atoms with Gasteiger partial charge >= 0.3 is 0 Å². The molecule has 0 aliphatic rings. The molecule has 0 aliphatic carbocycles. The van der Waals surface area contributed by atoms with Crippen molar-refractivity contribution in [1.29, 1.82) is 0 Å². The predicted molar refractivity (Wildman–Crippen MR) is 117 cm³/mol. The monoisotopic (exact) mass is 454 g/mol. The zero-order valence-electron chi connectivity index (χ0n) is 18.0. The van der Waals surface area contributed by atoms with E-state index in [1.807, 2.05) is 0 Å². The number of carbonyl (C=O) groups is 1. The van der Waals surface area contributed by atoms with Crippen LogP contribution in [-0.4, -0.2) is 39.6 Å². The summed E-state index contributed by atoms with van der Waals surface area (Å²) in [6.45, 7) is 1.20. The van der Waals surface area contributed by atoms with E-state index in [2.05, 4.69) is 15.2 Å². The Morgan fingerprint density at radius 3 is 2.73 bits per heavy atom. The van der Waals surface area contributed by atoms with Crippen molar-refractivity contribution in [2.75, 3.05) is 13.7 Å². The molecule has 2 aromatic heterocycles. The summed E-state index contributed by atoms with van der Waals surface area (Å²) < 4.78 is 47.8. The molecule has 0 saturated heterocycles. The van der Waals surface area contributed by atoms with Crippen LogP contribution in [0.1, 0.15) is 28.5 Å².